The molecule has 2 rings (SSSR count). The standard InChI is InChI=1S/C14H24N2O3/c1-2-7-15-8-3-4-12(15)13(17)16-9-5-11(6-10-16)14(18)19/h11-12H,2-10H2,1H3,(H,18,19). The number of nitrogens with zero attached hydrogens (tertiary/aromatic N) is 2. The lowest BCUT2D eigenvalue weighted by Gasteiger charge is -2.34. The van der Waals surface area contributed by atoms with Crippen LogP contribution in [0.1, 0.15) is 39.0 Å². The molecule has 2 fully saturated rings. The van der Waals surface area contributed by atoms with Crippen molar-refractivity contribution in [2.45, 2.75) is 45.1 Å². The molecule has 1 amide bonds. The maximum absolute atomic E-state index is 12.5. The molecule has 0 aliphatic carbocycles. The molecule has 2 saturated heterocycles. The second-order valence-corrected chi connectivity index (χ2v) is 5.63. The summed E-state index contributed by atoms with van der Waals surface area (Å²) in [4.78, 5) is 27.6. The van der Waals surface area contributed by atoms with Crippen molar-refractivity contribution in [3.8, 4) is 0 Å². The van der Waals surface area contributed by atoms with Crippen LogP contribution in [0.4, 0.5) is 0 Å². The van der Waals surface area contributed by atoms with Gasteiger partial charge in [0.1, 0.15) is 0 Å². The van der Waals surface area contributed by atoms with Crippen molar-refractivity contribution in [3.63, 3.8) is 0 Å². The number of amides is 1. The molecule has 0 spiro atoms. The van der Waals surface area contributed by atoms with E-state index >= 15 is 0 Å². The Morgan fingerprint density at radius 2 is 1.84 bits per heavy atom. The van der Waals surface area contributed by atoms with Gasteiger partial charge in [0.15, 0.2) is 0 Å². The zero-order valence-electron chi connectivity index (χ0n) is 11.7. The van der Waals surface area contributed by atoms with Gasteiger partial charge in [-0.05, 0) is 45.2 Å². The second kappa shape index (κ2) is 6.37. The van der Waals surface area contributed by atoms with Gasteiger partial charge in [0, 0.05) is 13.1 Å². The first kappa shape index (κ1) is 14.3. The summed E-state index contributed by atoms with van der Waals surface area (Å²) in [7, 11) is 0. The number of carbonyl (C=O) groups is 2. The summed E-state index contributed by atoms with van der Waals surface area (Å²) in [5, 5.41) is 8.97. The van der Waals surface area contributed by atoms with Crippen LogP contribution >= 0.6 is 0 Å². The first-order chi connectivity index (χ1) is 9.13. The Balaban J connectivity index is 1.88. The molecule has 1 unspecified atom stereocenters. The number of likely N-dealkylation sites (tertiary alicyclic amines) is 2. The Bertz CT molecular complexity index is 338. The van der Waals surface area contributed by atoms with Crippen LogP contribution in [0.15, 0.2) is 0 Å². The van der Waals surface area contributed by atoms with Gasteiger partial charge < -0.3 is 10.0 Å². The van der Waals surface area contributed by atoms with Crippen molar-refractivity contribution in [1.29, 1.82) is 0 Å². The average Bonchev–Trinajstić information content (AvgIpc) is 2.87. The number of carboxylic acid groups (broad SMARTS) is 1. The van der Waals surface area contributed by atoms with Crippen molar-refractivity contribution in [3.05, 3.63) is 0 Å². The van der Waals surface area contributed by atoms with E-state index in [0.717, 1.165) is 32.4 Å². The van der Waals surface area contributed by atoms with Gasteiger partial charge in [-0.1, -0.05) is 6.92 Å². The summed E-state index contributed by atoms with van der Waals surface area (Å²) in [5.41, 5.74) is 0. The van der Waals surface area contributed by atoms with Crippen LogP contribution in [-0.4, -0.2) is 59.0 Å². The minimum Gasteiger partial charge on any atom is -0.481 e. The average molecular weight is 268 g/mol. The topological polar surface area (TPSA) is 60.9 Å². The summed E-state index contributed by atoms with van der Waals surface area (Å²) in [6.07, 6.45) is 4.33. The van der Waals surface area contributed by atoms with Crippen LogP contribution in [0, 0.1) is 5.92 Å². The third-order valence-electron chi connectivity index (χ3n) is 4.32. The Kier molecular flexibility index (Phi) is 4.80. The van der Waals surface area contributed by atoms with E-state index in [0.29, 0.717) is 25.9 Å². The van der Waals surface area contributed by atoms with E-state index in [1.165, 1.54) is 0 Å². The molecule has 108 valence electrons. The molecule has 0 aromatic rings. The highest BCUT2D eigenvalue weighted by Gasteiger charge is 2.35. The van der Waals surface area contributed by atoms with Gasteiger partial charge in [0.25, 0.3) is 0 Å². The van der Waals surface area contributed by atoms with Crippen molar-refractivity contribution in [1.82, 2.24) is 9.80 Å². The molecule has 19 heavy (non-hydrogen) atoms. The third kappa shape index (κ3) is 3.26. The lowest BCUT2D eigenvalue weighted by atomic mass is 9.96. The van der Waals surface area contributed by atoms with E-state index in [4.69, 9.17) is 5.11 Å². The molecule has 1 N–H and O–H groups in total. The van der Waals surface area contributed by atoms with Crippen molar-refractivity contribution in [2.24, 2.45) is 5.92 Å². The van der Waals surface area contributed by atoms with Crippen molar-refractivity contribution >= 4 is 11.9 Å². The molecule has 0 bridgehead atoms. The predicted molar refractivity (Wildman–Crippen MR) is 71.8 cm³/mol. The number of piperidine rings is 1. The zero-order chi connectivity index (χ0) is 13.8. The van der Waals surface area contributed by atoms with Gasteiger partial charge in [-0.25, -0.2) is 0 Å². The Morgan fingerprint density at radius 1 is 1.16 bits per heavy atom. The highest BCUT2D eigenvalue weighted by molar-refractivity contribution is 5.82. The van der Waals surface area contributed by atoms with Crippen LogP contribution in [0.5, 0.6) is 0 Å². The number of carboxylic acids is 1. The van der Waals surface area contributed by atoms with E-state index in [1.54, 1.807) is 0 Å². The summed E-state index contributed by atoms with van der Waals surface area (Å²) in [5.74, 6) is -0.769. The van der Waals surface area contributed by atoms with E-state index in [-0.39, 0.29) is 17.9 Å². The SMILES string of the molecule is CCCN1CCCC1C(=O)N1CCC(C(=O)O)CC1. The molecule has 5 heteroatoms. The van der Waals surface area contributed by atoms with Crippen molar-refractivity contribution in [2.75, 3.05) is 26.2 Å². The fraction of sp³-hybridized carbons (Fsp3) is 0.857. The molecule has 2 heterocycles. The Morgan fingerprint density at radius 3 is 2.42 bits per heavy atom. The van der Waals surface area contributed by atoms with Gasteiger partial charge in [0.2, 0.25) is 5.91 Å². The van der Waals surface area contributed by atoms with Crippen LogP contribution in [0.3, 0.4) is 0 Å². The monoisotopic (exact) mass is 268 g/mol. The van der Waals surface area contributed by atoms with E-state index in [2.05, 4.69) is 11.8 Å². The molecule has 1 atom stereocenters. The smallest absolute Gasteiger partial charge is 0.306 e. The van der Waals surface area contributed by atoms with Gasteiger partial charge >= 0.3 is 5.97 Å². The normalized spacial score (nSPS) is 25.7. The molecule has 5 nitrogen and oxygen atoms in total. The largest absolute Gasteiger partial charge is 0.481 e. The van der Waals surface area contributed by atoms with Crippen LogP contribution in [0.2, 0.25) is 0 Å². The van der Waals surface area contributed by atoms with Gasteiger partial charge in [-0.3, -0.25) is 14.5 Å². The van der Waals surface area contributed by atoms with Crippen molar-refractivity contribution < 1.29 is 14.7 Å². The molecular formula is C14H24N2O3. The summed E-state index contributed by atoms with van der Waals surface area (Å²) >= 11 is 0. The minimum atomic E-state index is -0.722. The zero-order valence-corrected chi connectivity index (χ0v) is 11.7. The van der Waals surface area contributed by atoms with Crippen LogP contribution in [0.25, 0.3) is 0 Å². The predicted octanol–water partition coefficient (Wildman–Crippen LogP) is 1.18. The molecule has 2 aliphatic rings. The third-order valence-corrected chi connectivity index (χ3v) is 4.32. The highest BCUT2D eigenvalue weighted by Crippen LogP contribution is 2.23. The first-order valence-electron chi connectivity index (χ1n) is 7.39. The Labute approximate surface area is 114 Å². The Hall–Kier alpha value is -1.10. The molecule has 0 aromatic heterocycles. The number of aliphatic carboxylic acids is 1. The molecule has 0 aromatic carbocycles. The number of hydrogen-bond donors (Lipinski definition) is 1. The fourth-order valence-electron chi connectivity index (χ4n) is 3.22. The fourth-order valence-corrected chi connectivity index (χ4v) is 3.22. The summed E-state index contributed by atoms with van der Waals surface area (Å²) in [6.45, 7) is 5.36. The van der Waals surface area contributed by atoms with Gasteiger partial charge in [-0.2, -0.15) is 0 Å². The summed E-state index contributed by atoms with van der Waals surface area (Å²) < 4.78 is 0. The molecule has 0 saturated carbocycles. The van der Waals surface area contributed by atoms with Crippen LogP contribution < -0.4 is 0 Å². The molecular weight excluding hydrogens is 244 g/mol. The van der Waals surface area contributed by atoms with E-state index in [9.17, 15) is 9.59 Å². The van der Waals surface area contributed by atoms with Gasteiger partial charge in [-0.15, -0.1) is 0 Å². The number of hydrogen-bond acceptors (Lipinski definition) is 3. The first-order valence-corrected chi connectivity index (χ1v) is 7.39. The molecule has 2 aliphatic heterocycles. The molecule has 0 radical (unpaired) electrons. The maximum atomic E-state index is 12.5. The highest BCUT2D eigenvalue weighted by atomic mass is 16.4. The lowest BCUT2D eigenvalue weighted by molar-refractivity contribution is -0.146. The lowest BCUT2D eigenvalue weighted by Crippen LogP contribution is -2.49. The number of carbonyl (C=O) groups excluding carboxylic acids is 1. The van der Waals surface area contributed by atoms with E-state index < -0.39 is 5.97 Å². The second-order valence-electron chi connectivity index (χ2n) is 5.63. The minimum absolute atomic E-state index is 0.0429. The van der Waals surface area contributed by atoms with E-state index in [1.807, 2.05) is 4.90 Å². The quantitative estimate of drug-likeness (QED) is 0.832. The van der Waals surface area contributed by atoms with Crippen LogP contribution in [-0.2, 0) is 9.59 Å². The van der Waals surface area contributed by atoms with Gasteiger partial charge in [0.05, 0.1) is 12.0 Å². The summed E-state index contributed by atoms with van der Waals surface area (Å²) in [6, 6.07) is 0.0429. The number of rotatable bonds is 4. The maximum Gasteiger partial charge on any atom is 0.306 e.